The fraction of sp³-hybridized carbons (Fsp3) is 0.526. The minimum absolute atomic E-state index is 0.0542. The van der Waals surface area contributed by atoms with Gasteiger partial charge in [0.25, 0.3) is 0 Å². The Labute approximate surface area is 158 Å². The van der Waals surface area contributed by atoms with E-state index in [0.29, 0.717) is 22.2 Å². The number of hydrogen-bond acceptors (Lipinski definition) is 7. The minimum Gasteiger partial charge on any atom is -0.507 e. The van der Waals surface area contributed by atoms with E-state index in [9.17, 15) is 5.11 Å². The van der Waals surface area contributed by atoms with E-state index in [0.717, 1.165) is 18.0 Å². The zero-order valence-electron chi connectivity index (χ0n) is 15.9. The molecule has 1 fully saturated rings. The molecule has 1 aromatic heterocycles. The molecule has 0 amide bonds. The quantitative estimate of drug-likeness (QED) is 0.858. The Balaban J connectivity index is 1.84. The Kier molecular flexibility index (Phi) is 4.67. The Bertz CT molecular complexity index is 836. The molecule has 7 heteroatoms. The molecule has 2 N–H and O–H groups in total. The third-order valence-corrected chi connectivity index (χ3v) is 5.84. The molecule has 1 aliphatic heterocycles. The molecule has 2 heterocycles. The van der Waals surface area contributed by atoms with Crippen molar-refractivity contribution in [3.63, 3.8) is 0 Å². The number of aromatic nitrogens is 2. The van der Waals surface area contributed by atoms with Crippen LogP contribution in [0.25, 0.3) is 10.6 Å². The van der Waals surface area contributed by atoms with Gasteiger partial charge in [-0.2, -0.15) is 5.26 Å². The second kappa shape index (κ2) is 6.53. The van der Waals surface area contributed by atoms with E-state index in [2.05, 4.69) is 55.2 Å². The highest BCUT2D eigenvalue weighted by Crippen LogP contribution is 2.37. The van der Waals surface area contributed by atoms with Gasteiger partial charge >= 0.3 is 0 Å². The van der Waals surface area contributed by atoms with Crippen LogP contribution in [-0.4, -0.2) is 39.5 Å². The van der Waals surface area contributed by atoms with Crippen LogP contribution < -0.4 is 10.2 Å². The van der Waals surface area contributed by atoms with Gasteiger partial charge in [-0.05, 0) is 58.7 Å². The Morgan fingerprint density at radius 2 is 1.88 bits per heavy atom. The van der Waals surface area contributed by atoms with Crippen molar-refractivity contribution in [2.75, 3.05) is 11.9 Å². The number of piperidine rings is 1. The number of nitrogens with zero attached hydrogens (tertiary/aromatic N) is 4. The van der Waals surface area contributed by atoms with Crippen molar-refractivity contribution in [3.05, 3.63) is 23.8 Å². The summed E-state index contributed by atoms with van der Waals surface area (Å²) in [6.07, 6.45) is 2.04. The largest absolute Gasteiger partial charge is 0.507 e. The summed E-state index contributed by atoms with van der Waals surface area (Å²) in [5.41, 5.74) is 1.14. The number of benzene rings is 1. The maximum absolute atomic E-state index is 10.2. The molecule has 0 bridgehead atoms. The number of anilines is 1. The van der Waals surface area contributed by atoms with Crippen LogP contribution in [0.1, 0.15) is 46.1 Å². The van der Waals surface area contributed by atoms with Gasteiger partial charge in [0.15, 0.2) is 5.01 Å². The molecule has 0 saturated carbocycles. The van der Waals surface area contributed by atoms with Crippen LogP contribution in [0.15, 0.2) is 18.2 Å². The Morgan fingerprint density at radius 3 is 2.46 bits per heavy atom. The summed E-state index contributed by atoms with van der Waals surface area (Å²) in [5, 5.41) is 32.9. The molecule has 138 valence electrons. The van der Waals surface area contributed by atoms with E-state index < -0.39 is 0 Å². The van der Waals surface area contributed by atoms with Crippen LogP contribution in [0.4, 0.5) is 5.13 Å². The number of nitriles is 1. The fourth-order valence-corrected chi connectivity index (χ4v) is 4.86. The molecule has 1 saturated heterocycles. The highest BCUT2D eigenvalue weighted by molar-refractivity contribution is 7.18. The summed E-state index contributed by atoms with van der Waals surface area (Å²) in [6, 6.07) is 7.23. The van der Waals surface area contributed by atoms with Gasteiger partial charge in [-0.25, -0.2) is 0 Å². The van der Waals surface area contributed by atoms with Crippen molar-refractivity contribution in [1.82, 2.24) is 15.5 Å². The van der Waals surface area contributed by atoms with E-state index in [1.165, 1.54) is 17.4 Å². The molecular weight excluding hydrogens is 346 g/mol. The molecule has 3 rings (SSSR count). The third-order valence-electron chi connectivity index (χ3n) is 4.79. The molecule has 0 spiro atoms. The number of nitrogens with one attached hydrogen (secondary N) is 1. The molecule has 0 radical (unpaired) electrons. The van der Waals surface area contributed by atoms with E-state index in [1.54, 1.807) is 12.1 Å². The van der Waals surface area contributed by atoms with Gasteiger partial charge < -0.3 is 15.3 Å². The van der Waals surface area contributed by atoms with Gasteiger partial charge in [-0.3, -0.25) is 0 Å². The van der Waals surface area contributed by atoms with Crippen LogP contribution in [-0.2, 0) is 0 Å². The number of phenolic OH excluding ortho intramolecular Hbond substituents is 1. The van der Waals surface area contributed by atoms with Crippen LogP contribution in [0.2, 0.25) is 0 Å². The lowest BCUT2D eigenvalue weighted by atomic mass is 9.79. The minimum atomic E-state index is 0.0542. The monoisotopic (exact) mass is 371 g/mol. The Hall–Kier alpha value is -2.17. The summed E-state index contributed by atoms with van der Waals surface area (Å²) in [4.78, 5) is 2.20. The zero-order chi connectivity index (χ0) is 19.1. The van der Waals surface area contributed by atoms with Crippen LogP contribution in [0.5, 0.6) is 5.75 Å². The summed E-state index contributed by atoms with van der Waals surface area (Å²) in [7, 11) is 2.06. The summed E-state index contributed by atoms with van der Waals surface area (Å²) in [6.45, 7) is 8.92. The van der Waals surface area contributed by atoms with Crippen LogP contribution >= 0.6 is 11.3 Å². The van der Waals surface area contributed by atoms with E-state index in [1.807, 2.05) is 6.07 Å². The van der Waals surface area contributed by atoms with Crippen molar-refractivity contribution in [3.8, 4) is 22.4 Å². The van der Waals surface area contributed by atoms with Crippen molar-refractivity contribution in [1.29, 1.82) is 5.26 Å². The zero-order valence-corrected chi connectivity index (χ0v) is 16.7. The van der Waals surface area contributed by atoms with Gasteiger partial charge in [0.2, 0.25) is 5.13 Å². The molecule has 2 aromatic rings. The molecule has 0 unspecified atom stereocenters. The molecular formula is C19H25N5OS. The first-order chi connectivity index (χ1) is 12.1. The van der Waals surface area contributed by atoms with Gasteiger partial charge in [0.05, 0.1) is 17.2 Å². The van der Waals surface area contributed by atoms with Crippen molar-refractivity contribution < 1.29 is 5.11 Å². The number of aromatic hydroxyl groups is 1. The van der Waals surface area contributed by atoms with Crippen molar-refractivity contribution in [2.24, 2.45) is 0 Å². The fourth-order valence-electron chi connectivity index (χ4n) is 3.95. The predicted octanol–water partition coefficient (Wildman–Crippen LogP) is 3.53. The lowest BCUT2D eigenvalue weighted by Gasteiger charge is -2.48. The first-order valence-electron chi connectivity index (χ1n) is 8.69. The molecule has 1 aromatic carbocycles. The number of rotatable bonds is 3. The first-order valence-corrected chi connectivity index (χ1v) is 9.51. The smallest absolute Gasteiger partial charge is 0.208 e. The van der Waals surface area contributed by atoms with Gasteiger partial charge in [-0.1, -0.05) is 11.3 Å². The molecule has 0 aliphatic carbocycles. The molecule has 1 aliphatic rings. The average Bonchev–Trinajstić information content (AvgIpc) is 3.00. The highest BCUT2D eigenvalue weighted by atomic mass is 32.1. The predicted molar refractivity (Wildman–Crippen MR) is 104 cm³/mol. The SMILES string of the molecule is CN(c1nnc(-c2ccc(C#N)cc2O)s1)C1CC(C)(C)NC(C)(C)C1. The lowest BCUT2D eigenvalue weighted by molar-refractivity contribution is 0.161. The maximum Gasteiger partial charge on any atom is 0.208 e. The normalized spacial score (nSPS) is 19.1. The standard InChI is InChI=1S/C19H25N5OS/c1-18(2)9-13(10-19(3,4)23-18)24(5)17-22-21-16(26-17)14-7-6-12(11-20)8-15(14)25/h6-8,13,23,25H,9-10H2,1-5H3. The van der Waals surface area contributed by atoms with Gasteiger partial charge in [-0.15, -0.1) is 10.2 Å². The Morgan fingerprint density at radius 1 is 1.23 bits per heavy atom. The summed E-state index contributed by atoms with van der Waals surface area (Å²) >= 11 is 1.46. The molecule has 0 atom stereocenters. The second-order valence-electron chi connectivity index (χ2n) is 8.30. The van der Waals surface area contributed by atoms with Gasteiger partial charge in [0, 0.05) is 24.2 Å². The summed E-state index contributed by atoms with van der Waals surface area (Å²) in [5.74, 6) is 0.0542. The van der Waals surface area contributed by atoms with E-state index in [4.69, 9.17) is 5.26 Å². The number of hydrogen-bond donors (Lipinski definition) is 2. The van der Waals surface area contributed by atoms with Crippen molar-refractivity contribution >= 4 is 16.5 Å². The second-order valence-corrected chi connectivity index (χ2v) is 9.26. The van der Waals surface area contributed by atoms with E-state index in [-0.39, 0.29) is 16.8 Å². The lowest BCUT2D eigenvalue weighted by Crippen LogP contribution is -2.61. The first kappa shape index (κ1) is 18.6. The van der Waals surface area contributed by atoms with Crippen LogP contribution in [0, 0.1) is 11.3 Å². The molecule has 26 heavy (non-hydrogen) atoms. The van der Waals surface area contributed by atoms with E-state index >= 15 is 0 Å². The number of phenols is 1. The van der Waals surface area contributed by atoms with Crippen LogP contribution in [0.3, 0.4) is 0 Å². The third kappa shape index (κ3) is 3.81. The topological polar surface area (TPSA) is 85.1 Å². The van der Waals surface area contributed by atoms with Crippen molar-refractivity contribution in [2.45, 2.75) is 57.7 Å². The van der Waals surface area contributed by atoms with Gasteiger partial charge in [0.1, 0.15) is 5.75 Å². The average molecular weight is 372 g/mol. The maximum atomic E-state index is 10.2. The summed E-state index contributed by atoms with van der Waals surface area (Å²) < 4.78 is 0. The molecule has 6 nitrogen and oxygen atoms in total. The highest BCUT2D eigenvalue weighted by Gasteiger charge is 2.39.